The van der Waals surface area contributed by atoms with Crippen LogP contribution in [0.5, 0.6) is 0 Å². The number of morpholine rings is 1. The average Bonchev–Trinajstić information content (AvgIpc) is 2.97. The Morgan fingerprint density at radius 2 is 2.33 bits per heavy atom. The lowest BCUT2D eigenvalue weighted by Gasteiger charge is -2.21. The van der Waals surface area contributed by atoms with Gasteiger partial charge in [-0.1, -0.05) is 0 Å². The van der Waals surface area contributed by atoms with Crippen LogP contribution >= 0.6 is 11.3 Å². The molecule has 1 fully saturated rings. The fraction of sp³-hybridized carbons (Fsp3) is 0.462. The Morgan fingerprint density at radius 1 is 1.44 bits per heavy atom. The number of nitrogens with one attached hydrogen (secondary N) is 1. The molecule has 0 spiro atoms. The summed E-state index contributed by atoms with van der Waals surface area (Å²) in [5.41, 5.74) is 2.07. The number of rotatable bonds is 2. The predicted octanol–water partition coefficient (Wildman–Crippen LogP) is 2.68. The number of aryl methyl sites for hydroxylation is 2. The van der Waals surface area contributed by atoms with Crippen molar-refractivity contribution in [3.05, 3.63) is 28.0 Å². The fourth-order valence-electron chi connectivity index (χ4n) is 2.17. The van der Waals surface area contributed by atoms with Crippen LogP contribution in [0.4, 0.5) is 0 Å². The number of aromatic nitrogens is 1. The minimum Gasteiger partial charge on any atom is -0.466 e. The van der Waals surface area contributed by atoms with E-state index in [0.29, 0.717) is 0 Å². The van der Waals surface area contributed by atoms with Crippen LogP contribution < -0.4 is 5.32 Å². The van der Waals surface area contributed by atoms with Crippen molar-refractivity contribution in [1.29, 1.82) is 0 Å². The Labute approximate surface area is 110 Å². The first-order chi connectivity index (χ1) is 8.74. The largest absolute Gasteiger partial charge is 0.466 e. The lowest BCUT2D eigenvalue weighted by molar-refractivity contribution is 0.0276. The second-order valence-corrected chi connectivity index (χ2v) is 5.35. The van der Waals surface area contributed by atoms with Crippen molar-refractivity contribution in [2.45, 2.75) is 20.0 Å². The maximum atomic E-state index is 5.71. The summed E-state index contributed by atoms with van der Waals surface area (Å²) < 4.78 is 11.3. The molecule has 1 unspecified atom stereocenters. The van der Waals surface area contributed by atoms with Crippen LogP contribution in [0, 0.1) is 13.8 Å². The molecule has 0 saturated carbocycles. The normalized spacial score (nSPS) is 20.2. The second-order valence-electron chi connectivity index (χ2n) is 4.46. The molecule has 96 valence electrons. The quantitative estimate of drug-likeness (QED) is 0.906. The summed E-state index contributed by atoms with van der Waals surface area (Å²) in [6.07, 6.45) is 0.0887. The Kier molecular flexibility index (Phi) is 3.20. The molecule has 5 heteroatoms. The van der Waals surface area contributed by atoms with E-state index in [-0.39, 0.29) is 6.10 Å². The van der Waals surface area contributed by atoms with Gasteiger partial charge >= 0.3 is 0 Å². The molecule has 0 amide bonds. The number of thiazole rings is 1. The molecule has 1 aliphatic rings. The van der Waals surface area contributed by atoms with Crippen molar-refractivity contribution in [2.75, 3.05) is 19.7 Å². The van der Waals surface area contributed by atoms with E-state index in [4.69, 9.17) is 9.15 Å². The molecule has 1 atom stereocenters. The summed E-state index contributed by atoms with van der Waals surface area (Å²) in [4.78, 5) is 4.67. The number of ether oxygens (including phenoxy) is 1. The van der Waals surface area contributed by atoms with E-state index in [1.165, 1.54) is 0 Å². The van der Waals surface area contributed by atoms with Crippen molar-refractivity contribution < 1.29 is 9.15 Å². The van der Waals surface area contributed by atoms with Crippen LogP contribution in [0.3, 0.4) is 0 Å². The molecule has 1 saturated heterocycles. The molecular formula is C13H16N2O2S. The predicted molar refractivity (Wildman–Crippen MR) is 70.9 cm³/mol. The van der Waals surface area contributed by atoms with Gasteiger partial charge in [-0.05, 0) is 19.9 Å². The smallest absolute Gasteiger partial charge is 0.124 e. The highest BCUT2D eigenvalue weighted by Crippen LogP contribution is 2.31. The molecule has 1 N–H and O–H groups in total. The zero-order valence-corrected chi connectivity index (χ0v) is 11.3. The van der Waals surface area contributed by atoms with Gasteiger partial charge in [-0.2, -0.15) is 0 Å². The molecule has 18 heavy (non-hydrogen) atoms. The Hall–Kier alpha value is -1.17. The Bertz CT molecular complexity index is 541. The first kappa shape index (κ1) is 11.9. The summed E-state index contributed by atoms with van der Waals surface area (Å²) in [5.74, 6) is 1.85. The van der Waals surface area contributed by atoms with Gasteiger partial charge in [0.1, 0.15) is 22.6 Å². The zero-order chi connectivity index (χ0) is 12.5. The average molecular weight is 264 g/mol. The highest BCUT2D eigenvalue weighted by atomic mass is 32.1. The maximum Gasteiger partial charge on any atom is 0.124 e. The molecule has 0 aromatic carbocycles. The summed E-state index contributed by atoms with van der Waals surface area (Å²) in [7, 11) is 0. The second kappa shape index (κ2) is 4.84. The van der Waals surface area contributed by atoms with Crippen molar-refractivity contribution in [3.63, 3.8) is 0 Å². The Morgan fingerprint density at radius 3 is 3.00 bits per heavy atom. The van der Waals surface area contributed by atoms with Crippen molar-refractivity contribution in [2.24, 2.45) is 0 Å². The van der Waals surface area contributed by atoms with Gasteiger partial charge in [-0.25, -0.2) is 4.98 Å². The summed E-state index contributed by atoms with van der Waals surface area (Å²) >= 11 is 1.65. The highest BCUT2D eigenvalue weighted by molar-refractivity contribution is 7.10. The van der Waals surface area contributed by atoms with Crippen LogP contribution in [-0.4, -0.2) is 24.7 Å². The first-order valence-corrected chi connectivity index (χ1v) is 6.97. The molecule has 0 aliphatic carbocycles. The topological polar surface area (TPSA) is 47.3 Å². The summed E-state index contributed by atoms with van der Waals surface area (Å²) in [5, 5.41) is 6.43. The third-order valence-electron chi connectivity index (χ3n) is 3.04. The van der Waals surface area contributed by atoms with Crippen LogP contribution in [-0.2, 0) is 4.74 Å². The summed E-state index contributed by atoms with van der Waals surface area (Å²) in [6, 6.07) is 2.04. The lowest BCUT2D eigenvalue weighted by Crippen LogP contribution is -2.33. The molecule has 3 rings (SSSR count). The number of hydrogen-bond acceptors (Lipinski definition) is 5. The first-order valence-electron chi connectivity index (χ1n) is 6.09. The van der Waals surface area contributed by atoms with E-state index in [2.05, 4.69) is 15.7 Å². The van der Waals surface area contributed by atoms with Gasteiger partial charge in [0.2, 0.25) is 0 Å². The third kappa shape index (κ3) is 2.21. The Balaban J connectivity index is 1.86. The number of nitrogens with zero attached hydrogens (tertiary/aromatic N) is 1. The van der Waals surface area contributed by atoms with E-state index < -0.39 is 0 Å². The van der Waals surface area contributed by atoms with Gasteiger partial charge in [0.05, 0.1) is 12.3 Å². The number of furan rings is 1. The van der Waals surface area contributed by atoms with E-state index in [1.807, 2.05) is 19.9 Å². The van der Waals surface area contributed by atoms with Gasteiger partial charge < -0.3 is 14.5 Å². The van der Waals surface area contributed by atoms with E-state index >= 15 is 0 Å². The van der Waals surface area contributed by atoms with Crippen molar-refractivity contribution in [3.8, 4) is 11.3 Å². The minimum atomic E-state index is 0.0887. The van der Waals surface area contributed by atoms with E-state index in [1.54, 1.807) is 11.3 Å². The van der Waals surface area contributed by atoms with Gasteiger partial charge in [0.15, 0.2) is 0 Å². The minimum absolute atomic E-state index is 0.0887. The molecule has 2 aromatic heterocycles. The van der Waals surface area contributed by atoms with Gasteiger partial charge in [0.25, 0.3) is 0 Å². The maximum absolute atomic E-state index is 5.71. The third-order valence-corrected chi connectivity index (χ3v) is 3.98. The van der Waals surface area contributed by atoms with Gasteiger partial charge in [-0.15, -0.1) is 11.3 Å². The van der Waals surface area contributed by atoms with E-state index in [9.17, 15) is 0 Å². The van der Waals surface area contributed by atoms with Gasteiger partial charge in [0, 0.05) is 24.0 Å². The van der Waals surface area contributed by atoms with E-state index in [0.717, 1.165) is 47.5 Å². The monoisotopic (exact) mass is 264 g/mol. The van der Waals surface area contributed by atoms with Crippen LogP contribution in [0.1, 0.15) is 22.6 Å². The zero-order valence-electron chi connectivity index (χ0n) is 10.5. The lowest BCUT2D eigenvalue weighted by atomic mass is 10.2. The number of hydrogen-bond donors (Lipinski definition) is 1. The van der Waals surface area contributed by atoms with Crippen LogP contribution in [0.25, 0.3) is 11.3 Å². The van der Waals surface area contributed by atoms with Crippen LogP contribution in [0.2, 0.25) is 0 Å². The molecule has 2 aromatic rings. The highest BCUT2D eigenvalue weighted by Gasteiger charge is 2.20. The molecule has 4 nitrogen and oxygen atoms in total. The van der Waals surface area contributed by atoms with Gasteiger partial charge in [-0.3, -0.25) is 0 Å². The standard InChI is InChI=1S/C13H16N2O2S/c1-8-5-10(9(2)17-8)11-7-18-13(15-11)12-6-14-3-4-16-12/h5,7,12,14H,3-4,6H2,1-2H3. The molecule has 0 radical (unpaired) electrons. The molecular weight excluding hydrogens is 248 g/mol. The molecule has 0 bridgehead atoms. The molecule has 1 aliphatic heterocycles. The SMILES string of the molecule is Cc1cc(-c2csc(C3CNCCO3)n2)c(C)o1. The van der Waals surface area contributed by atoms with Crippen LogP contribution in [0.15, 0.2) is 15.9 Å². The fourth-order valence-corrected chi connectivity index (χ4v) is 3.03. The summed E-state index contributed by atoms with van der Waals surface area (Å²) in [6.45, 7) is 6.45. The molecule has 3 heterocycles. The van der Waals surface area contributed by atoms with Crippen molar-refractivity contribution in [1.82, 2.24) is 10.3 Å². The van der Waals surface area contributed by atoms with Crippen molar-refractivity contribution >= 4 is 11.3 Å².